The first-order valence-corrected chi connectivity index (χ1v) is 14.2. The van der Waals surface area contributed by atoms with Gasteiger partial charge >= 0.3 is 0 Å². The monoisotopic (exact) mass is 561 g/mol. The lowest BCUT2D eigenvalue weighted by atomic mass is 10.0. The Bertz CT molecular complexity index is 1560. The Balaban J connectivity index is 1.71. The van der Waals surface area contributed by atoms with Crippen LogP contribution in [0.2, 0.25) is 0 Å². The van der Waals surface area contributed by atoms with E-state index in [-0.39, 0.29) is 23.4 Å². The zero-order valence-corrected chi connectivity index (χ0v) is 23.7. The van der Waals surface area contributed by atoms with Gasteiger partial charge in [-0.3, -0.25) is 9.52 Å². The molecule has 1 atom stereocenters. The standard InChI is InChI=1S/C31H32FN3O4S/c1-22(23-8-6-5-7-9-23)35(31(36)24-10-12-26(32)13-11-24)21-25-20-27(14-19-30(25)34(2)3)33-40(37,38)29-17-15-28(39-4)16-18-29/h5-20,22,33H,21H2,1-4H3/t22-/m0/s1. The van der Waals surface area contributed by atoms with E-state index in [2.05, 4.69) is 4.72 Å². The van der Waals surface area contributed by atoms with E-state index in [9.17, 15) is 17.6 Å². The number of benzene rings is 4. The third kappa shape index (κ3) is 6.60. The summed E-state index contributed by atoms with van der Waals surface area (Å²) in [6.07, 6.45) is 0. The number of sulfonamides is 1. The van der Waals surface area contributed by atoms with Crippen molar-refractivity contribution in [3.8, 4) is 5.75 Å². The van der Waals surface area contributed by atoms with Gasteiger partial charge in [-0.1, -0.05) is 30.3 Å². The molecule has 7 nitrogen and oxygen atoms in total. The highest BCUT2D eigenvalue weighted by molar-refractivity contribution is 7.92. The second-order valence-electron chi connectivity index (χ2n) is 9.55. The van der Waals surface area contributed by atoms with Crippen LogP contribution in [0.15, 0.2) is 102 Å². The number of nitrogens with one attached hydrogen (secondary N) is 1. The number of carbonyl (C=O) groups excluding carboxylic acids is 1. The number of amides is 1. The van der Waals surface area contributed by atoms with Gasteiger partial charge in [-0.25, -0.2) is 12.8 Å². The minimum absolute atomic E-state index is 0.0948. The highest BCUT2D eigenvalue weighted by Crippen LogP contribution is 2.31. The lowest BCUT2D eigenvalue weighted by molar-refractivity contribution is 0.0674. The first kappa shape index (κ1) is 28.6. The average molecular weight is 562 g/mol. The number of rotatable bonds is 10. The Hall–Kier alpha value is -4.37. The molecule has 40 heavy (non-hydrogen) atoms. The topological polar surface area (TPSA) is 79.0 Å². The van der Waals surface area contributed by atoms with Crippen molar-refractivity contribution in [2.24, 2.45) is 0 Å². The molecule has 0 saturated carbocycles. The number of hydrogen-bond acceptors (Lipinski definition) is 5. The normalized spacial score (nSPS) is 11.9. The van der Waals surface area contributed by atoms with Gasteiger partial charge in [-0.15, -0.1) is 0 Å². The van der Waals surface area contributed by atoms with Crippen LogP contribution in [-0.4, -0.2) is 40.4 Å². The SMILES string of the molecule is COc1ccc(S(=O)(=O)Nc2ccc(N(C)C)c(CN(C(=O)c3ccc(F)cc3)[C@@H](C)c3ccccc3)c2)cc1. The zero-order chi connectivity index (χ0) is 28.9. The summed E-state index contributed by atoms with van der Waals surface area (Å²) in [7, 11) is 1.40. The summed E-state index contributed by atoms with van der Waals surface area (Å²) in [4.78, 5) is 17.5. The van der Waals surface area contributed by atoms with Crippen LogP contribution in [0.3, 0.4) is 0 Å². The minimum Gasteiger partial charge on any atom is -0.497 e. The van der Waals surface area contributed by atoms with E-state index in [1.54, 1.807) is 29.2 Å². The van der Waals surface area contributed by atoms with E-state index in [1.807, 2.05) is 62.3 Å². The van der Waals surface area contributed by atoms with Gasteiger partial charge in [0.2, 0.25) is 0 Å². The molecular formula is C31H32FN3O4S. The molecular weight excluding hydrogens is 529 g/mol. The molecule has 0 aliphatic rings. The van der Waals surface area contributed by atoms with E-state index in [1.165, 1.54) is 43.5 Å². The third-order valence-corrected chi connectivity index (χ3v) is 8.02. The van der Waals surface area contributed by atoms with Crippen molar-refractivity contribution in [1.29, 1.82) is 0 Å². The highest BCUT2D eigenvalue weighted by Gasteiger charge is 2.25. The molecule has 4 rings (SSSR count). The van der Waals surface area contributed by atoms with Gasteiger partial charge in [0.15, 0.2) is 0 Å². The van der Waals surface area contributed by atoms with Gasteiger partial charge < -0.3 is 14.5 Å². The maximum atomic E-state index is 13.8. The number of anilines is 2. The maximum absolute atomic E-state index is 13.8. The Kier molecular flexibility index (Phi) is 8.74. The zero-order valence-electron chi connectivity index (χ0n) is 22.8. The predicted molar refractivity (Wildman–Crippen MR) is 156 cm³/mol. The fraction of sp³-hybridized carbons (Fsp3) is 0.194. The van der Waals surface area contributed by atoms with Crippen molar-refractivity contribution in [2.75, 3.05) is 30.8 Å². The van der Waals surface area contributed by atoms with Gasteiger partial charge in [0.25, 0.3) is 15.9 Å². The molecule has 0 spiro atoms. The number of halogens is 1. The number of hydrogen-bond donors (Lipinski definition) is 1. The van der Waals surface area contributed by atoms with Gasteiger partial charge in [0.1, 0.15) is 11.6 Å². The van der Waals surface area contributed by atoms with Gasteiger partial charge in [0.05, 0.1) is 18.0 Å². The summed E-state index contributed by atoms with van der Waals surface area (Å²) in [5.74, 6) is -0.147. The Morgan fingerprint density at radius 2 is 1.57 bits per heavy atom. The van der Waals surface area contributed by atoms with E-state index >= 15 is 0 Å². The molecule has 0 heterocycles. The Labute approximate surface area is 234 Å². The molecule has 1 amide bonds. The van der Waals surface area contributed by atoms with E-state index in [0.717, 1.165) is 16.8 Å². The lowest BCUT2D eigenvalue weighted by Crippen LogP contribution is -2.33. The van der Waals surface area contributed by atoms with Crippen molar-refractivity contribution >= 4 is 27.3 Å². The fourth-order valence-electron chi connectivity index (χ4n) is 4.42. The molecule has 4 aromatic carbocycles. The van der Waals surface area contributed by atoms with E-state index in [0.29, 0.717) is 17.0 Å². The van der Waals surface area contributed by atoms with Gasteiger partial charge in [-0.2, -0.15) is 0 Å². The molecule has 0 saturated heterocycles. The van der Waals surface area contributed by atoms with Crippen LogP contribution in [0.5, 0.6) is 5.75 Å². The van der Waals surface area contributed by atoms with Crippen LogP contribution in [0.4, 0.5) is 15.8 Å². The Morgan fingerprint density at radius 3 is 2.17 bits per heavy atom. The van der Waals surface area contributed by atoms with Crippen molar-refractivity contribution in [3.05, 3.63) is 120 Å². The van der Waals surface area contributed by atoms with E-state index in [4.69, 9.17) is 4.74 Å². The summed E-state index contributed by atoms with van der Waals surface area (Å²) in [6.45, 7) is 2.11. The molecule has 0 fully saturated rings. The lowest BCUT2D eigenvalue weighted by Gasteiger charge is -2.32. The highest BCUT2D eigenvalue weighted by atomic mass is 32.2. The first-order chi connectivity index (χ1) is 19.1. The quantitative estimate of drug-likeness (QED) is 0.253. The van der Waals surface area contributed by atoms with E-state index < -0.39 is 15.8 Å². The second kappa shape index (κ2) is 12.2. The molecule has 0 bridgehead atoms. The number of ether oxygens (including phenoxy) is 1. The van der Waals surface area contributed by atoms with Crippen LogP contribution >= 0.6 is 0 Å². The minimum atomic E-state index is -3.87. The van der Waals surface area contributed by atoms with Crippen LogP contribution in [-0.2, 0) is 16.6 Å². The first-order valence-electron chi connectivity index (χ1n) is 12.7. The molecule has 208 valence electrons. The number of methoxy groups -OCH3 is 1. The number of carbonyl (C=O) groups is 1. The molecule has 0 aliphatic heterocycles. The number of nitrogens with zero attached hydrogens (tertiary/aromatic N) is 2. The average Bonchev–Trinajstić information content (AvgIpc) is 2.96. The molecule has 0 aliphatic carbocycles. The maximum Gasteiger partial charge on any atom is 0.261 e. The second-order valence-corrected chi connectivity index (χ2v) is 11.2. The van der Waals surface area contributed by atoms with Crippen molar-refractivity contribution in [3.63, 3.8) is 0 Å². The molecule has 9 heteroatoms. The largest absolute Gasteiger partial charge is 0.497 e. The van der Waals surface area contributed by atoms with Crippen LogP contribution in [0.25, 0.3) is 0 Å². The van der Waals surface area contributed by atoms with Crippen molar-refractivity contribution in [2.45, 2.75) is 24.4 Å². The molecule has 1 N–H and O–H groups in total. The summed E-state index contributed by atoms with van der Waals surface area (Å²) >= 11 is 0. The van der Waals surface area contributed by atoms with Crippen LogP contribution in [0, 0.1) is 5.82 Å². The Morgan fingerprint density at radius 1 is 0.925 bits per heavy atom. The summed E-state index contributed by atoms with van der Waals surface area (Å²) in [6, 6.07) is 26.1. The third-order valence-electron chi connectivity index (χ3n) is 6.63. The van der Waals surface area contributed by atoms with Crippen molar-refractivity contribution < 1.29 is 22.3 Å². The summed E-state index contributed by atoms with van der Waals surface area (Å²) < 4.78 is 47.6. The fourth-order valence-corrected chi connectivity index (χ4v) is 5.47. The predicted octanol–water partition coefficient (Wildman–Crippen LogP) is 6.10. The summed E-state index contributed by atoms with van der Waals surface area (Å²) in [5, 5.41) is 0. The van der Waals surface area contributed by atoms with Gasteiger partial charge in [-0.05, 0) is 84.8 Å². The van der Waals surface area contributed by atoms with Crippen molar-refractivity contribution in [1.82, 2.24) is 4.90 Å². The molecule has 0 aromatic heterocycles. The summed E-state index contributed by atoms with van der Waals surface area (Å²) in [5.41, 5.74) is 3.20. The molecule has 0 radical (unpaired) electrons. The smallest absolute Gasteiger partial charge is 0.261 e. The molecule has 0 unspecified atom stereocenters. The van der Waals surface area contributed by atoms with Crippen LogP contribution in [0.1, 0.15) is 34.5 Å². The molecule has 4 aromatic rings. The van der Waals surface area contributed by atoms with Crippen LogP contribution < -0.4 is 14.4 Å². The van der Waals surface area contributed by atoms with Gasteiger partial charge in [0, 0.05) is 37.6 Å².